The highest BCUT2D eigenvalue weighted by atomic mass is 31.2. The van der Waals surface area contributed by atoms with Crippen molar-refractivity contribution in [3.8, 4) is 0 Å². The number of amides is 3. The van der Waals surface area contributed by atoms with Crippen LogP contribution >= 0.6 is 7.60 Å². The predicted molar refractivity (Wildman–Crippen MR) is 111 cm³/mol. The van der Waals surface area contributed by atoms with Crippen LogP contribution in [0.3, 0.4) is 0 Å². The van der Waals surface area contributed by atoms with Gasteiger partial charge in [-0.05, 0) is 31.9 Å². The molecule has 154 valence electrons. The number of rotatable bonds is 11. The molecule has 0 aliphatic rings. The molecule has 8 nitrogen and oxygen atoms in total. The zero-order valence-corrected chi connectivity index (χ0v) is 17.8. The molecule has 0 heterocycles. The molecule has 3 N–H and O–H groups in total. The summed E-state index contributed by atoms with van der Waals surface area (Å²) in [5.41, 5.74) is 1.13. The predicted octanol–water partition coefficient (Wildman–Crippen LogP) is 2.36. The fourth-order valence-corrected chi connectivity index (χ4v) is 3.78. The summed E-state index contributed by atoms with van der Waals surface area (Å²) in [5.74, 6) is -0.600. The number of anilines is 1. The monoisotopic (exact) mass is 409 g/mol. The van der Waals surface area contributed by atoms with Gasteiger partial charge in [0.15, 0.2) is 0 Å². The maximum atomic E-state index is 12.6. The van der Waals surface area contributed by atoms with Crippen molar-refractivity contribution in [3.05, 3.63) is 24.3 Å². The van der Waals surface area contributed by atoms with E-state index < -0.39 is 25.6 Å². The Morgan fingerprint density at radius 3 is 2.18 bits per heavy atom. The maximum Gasteiger partial charge on any atom is 0.349 e. The molecule has 2 atom stereocenters. The Bertz CT molecular complexity index is 676. The number of urea groups is 1. The van der Waals surface area contributed by atoms with E-state index in [1.165, 1.54) is 0 Å². The van der Waals surface area contributed by atoms with Gasteiger partial charge in [-0.1, -0.05) is 37.9 Å². The average molecular weight is 409 g/mol. The summed E-state index contributed by atoms with van der Waals surface area (Å²) >= 11 is 0. The average Bonchev–Trinajstić information content (AvgIpc) is 2.66. The van der Waals surface area contributed by atoms with E-state index in [0.717, 1.165) is 0 Å². The lowest BCUT2D eigenvalue weighted by atomic mass is 9.96. The van der Waals surface area contributed by atoms with E-state index in [4.69, 9.17) is 16.9 Å². The van der Waals surface area contributed by atoms with Gasteiger partial charge in [0.1, 0.15) is 20.2 Å². The molecule has 0 spiro atoms. The third-order valence-electron chi connectivity index (χ3n) is 4.05. The van der Waals surface area contributed by atoms with Gasteiger partial charge in [-0.15, -0.1) is 0 Å². The SMILES string of the molecule is [B]c1ccc(NC(=O)N[C@H](C(=O)NCP(=O)(OCC)OCC)[C@@H](C)CC)cc1. The van der Waals surface area contributed by atoms with Gasteiger partial charge in [-0.25, -0.2) is 4.79 Å². The lowest BCUT2D eigenvalue weighted by Crippen LogP contribution is -2.51. The van der Waals surface area contributed by atoms with Crippen LogP contribution in [-0.2, 0) is 18.4 Å². The van der Waals surface area contributed by atoms with Gasteiger partial charge in [0.2, 0.25) is 5.91 Å². The first-order valence-electron chi connectivity index (χ1n) is 9.33. The number of carbonyl (C=O) groups is 2. The summed E-state index contributed by atoms with van der Waals surface area (Å²) < 4.78 is 22.8. The number of nitrogens with one attached hydrogen (secondary N) is 3. The van der Waals surface area contributed by atoms with Crippen LogP contribution in [0.1, 0.15) is 34.1 Å². The summed E-state index contributed by atoms with van der Waals surface area (Å²) in [6.07, 6.45) is 0.399. The number of hydrogen-bond acceptors (Lipinski definition) is 5. The van der Waals surface area contributed by atoms with E-state index >= 15 is 0 Å². The lowest BCUT2D eigenvalue weighted by Gasteiger charge is -2.25. The lowest BCUT2D eigenvalue weighted by molar-refractivity contribution is -0.123. The molecule has 3 amide bonds. The molecule has 0 fully saturated rings. The normalized spacial score (nSPS) is 13.4. The molecule has 2 radical (unpaired) electrons. The van der Waals surface area contributed by atoms with E-state index in [1.807, 2.05) is 13.8 Å². The molecular formula is C18H29BN3O5P. The van der Waals surface area contributed by atoms with E-state index in [1.54, 1.807) is 38.1 Å². The first-order valence-corrected chi connectivity index (χ1v) is 11.1. The van der Waals surface area contributed by atoms with Crippen molar-refractivity contribution in [2.75, 3.05) is 24.8 Å². The highest BCUT2D eigenvalue weighted by Gasteiger charge is 2.30. The van der Waals surface area contributed by atoms with Crippen LogP contribution in [0.4, 0.5) is 10.5 Å². The minimum Gasteiger partial charge on any atom is -0.343 e. The first kappa shape index (κ1) is 24.2. The second-order valence-electron chi connectivity index (χ2n) is 6.23. The molecule has 0 aliphatic carbocycles. The van der Waals surface area contributed by atoms with Gasteiger partial charge in [-0.2, -0.15) is 0 Å². The summed E-state index contributed by atoms with van der Waals surface area (Å²) in [6, 6.07) is 5.31. The molecule has 0 saturated carbocycles. The van der Waals surface area contributed by atoms with Crippen molar-refractivity contribution < 1.29 is 23.2 Å². The summed E-state index contributed by atoms with van der Waals surface area (Å²) in [6.45, 7) is 7.54. The van der Waals surface area contributed by atoms with Gasteiger partial charge in [0, 0.05) is 5.69 Å². The van der Waals surface area contributed by atoms with Crippen LogP contribution < -0.4 is 21.4 Å². The Hall–Kier alpha value is -1.83. The number of carbonyl (C=O) groups excluding carboxylic acids is 2. The highest BCUT2D eigenvalue weighted by Crippen LogP contribution is 2.46. The third kappa shape index (κ3) is 8.04. The molecule has 28 heavy (non-hydrogen) atoms. The van der Waals surface area contributed by atoms with E-state index in [0.29, 0.717) is 17.6 Å². The van der Waals surface area contributed by atoms with E-state index in [9.17, 15) is 14.2 Å². The minimum absolute atomic E-state index is 0.143. The standard InChI is InChI=1S/C18H29BN3O5P/c1-5-13(4)16(17(23)20-12-28(25,26-6-2)27-7-3)22-18(24)21-15-10-8-14(19)9-11-15/h8-11,13,16H,5-7,12H2,1-4H3,(H,20,23)(H2,21,22,24)/t13-,16-/m0/s1. The fourth-order valence-electron chi connectivity index (χ4n) is 2.38. The molecule has 1 aromatic carbocycles. The van der Waals surface area contributed by atoms with Crippen LogP contribution in [0.2, 0.25) is 0 Å². The molecule has 0 unspecified atom stereocenters. The first-order chi connectivity index (χ1) is 13.2. The summed E-state index contributed by atoms with van der Waals surface area (Å²) in [5, 5.41) is 7.90. The second-order valence-corrected chi connectivity index (χ2v) is 8.28. The van der Waals surface area contributed by atoms with Crippen molar-refractivity contribution in [2.45, 2.75) is 40.2 Å². The summed E-state index contributed by atoms with van der Waals surface area (Å²) in [7, 11) is 2.21. The van der Waals surface area contributed by atoms with E-state index in [2.05, 4.69) is 16.0 Å². The van der Waals surface area contributed by atoms with Crippen molar-refractivity contribution >= 4 is 38.5 Å². The van der Waals surface area contributed by atoms with Crippen LogP contribution in [0.5, 0.6) is 0 Å². The van der Waals surface area contributed by atoms with Crippen molar-refractivity contribution in [1.29, 1.82) is 0 Å². The number of benzene rings is 1. The molecular weight excluding hydrogens is 380 g/mol. The van der Waals surface area contributed by atoms with Gasteiger partial charge in [-0.3, -0.25) is 9.36 Å². The van der Waals surface area contributed by atoms with Gasteiger partial charge >= 0.3 is 13.6 Å². The van der Waals surface area contributed by atoms with Crippen molar-refractivity contribution in [1.82, 2.24) is 10.6 Å². The highest BCUT2D eigenvalue weighted by molar-refractivity contribution is 7.53. The molecule has 10 heteroatoms. The molecule has 1 aromatic rings. The van der Waals surface area contributed by atoms with Crippen molar-refractivity contribution in [3.63, 3.8) is 0 Å². The zero-order valence-electron chi connectivity index (χ0n) is 16.9. The van der Waals surface area contributed by atoms with Crippen LogP contribution in [0.15, 0.2) is 24.3 Å². The molecule has 0 aliphatic heterocycles. The Labute approximate surface area is 168 Å². The summed E-state index contributed by atoms with van der Waals surface area (Å²) in [4.78, 5) is 24.9. The van der Waals surface area contributed by atoms with Gasteiger partial charge in [0.05, 0.1) is 13.2 Å². The van der Waals surface area contributed by atoms with Crippen LogP contribution in [0.25, 0.3) is 0 Å². The van der Waals surface area contributed by atoms with E-state index in [-0.39, 0.29) is 25.4 Å². The Morgan fingerprint density at radius 1 is 1.11 bits per heavy atom. The second kappa shape index (κ2) is 11.9. The quantitative estimate of drug-likeness (QED) is 0.384. The van der Waals surface area contributed by atoms with Crippen LogP contribution in [0, 0.1) is 5.92 Å². The largest absolute Gasteiger partial charge is 0.349 e. The third-order valence-corrected chi connectivity index (χ3v) is 5.90. The van der Waals surface area contributed by atoms with Gasteiger partial charge < -0.3 is 25.0 Å². The molecule has 0 bridgehead atoms. The smallest absolute Gasteiger partial charge is 0.343 e. The topological polar surface area (TPSA) is 106 Å². The molecule has 0 aromatic heterocycles. The van der Waals surface area contributed by atoms with Crippen LogP contribution in [-0.4, -0.2) is 45.3 Å². The maximum absolute atomic E-state index is 12.6. The minimum atomic E-state index is -3.42. The Kier molecular flexibility index (Phi) is 10.3. The van der Waals surface area contributed by atoms with Gasteiger partial charge in [0.25, 0.3) is 0 Å². The van der Waals surface area contributed by atoms with Crippen molar-refractivity contribution in [2.24, 2.45) is 5.92 Å². The Morgan fingerprint density at radius 2 is 1.68 bits per heavy atom. The zero-order chi connectivity index (χ0) is 21.2. The Balaban J connectivity index is 2.75. The number of hydrogen-bond donors (Lipinski definition) is 3. The fraction of sp³-hybridized carbons (Fsp3) is 0.556. The molecule has 1 rings (SSSR count). The molecule has 0 saturated heterocycles.